The topological polar surface area (TPSA) is 18.5 Å². The molecule has 0 saturated heterocycles. The highest BCUT2D eigenvalue weighted by Crippen LogP contribution is 2.15. The lowest BCUT2D eigenvalue weighted by atomic mass is 10.2. The van der Waals surface area contributed by atoms with E-state index in [0.29, 0.717) is 0 Å². The van der Waals surface area contributed by atoms with Gasteiger partial charge in [-0.2, -0.15) is 0 Å². The summed E-state index contributed by atoms with van der Waals surface area (Å²) in [5.74, 6) is 1.66. The van der Waals surface area contributed by atoms with E-state index in [1.807, 2.05) is 62.4 Å². The minimum Gasteiger partial charge on any atom is -0.457 e. The van der Waals surface area contributed by atoms with Gasteiger partial charge in [-0.3, -0.25) is 0 Å². The smallest absolute Gasteiger partial charge is 0.230 e. The molecule has 0 atom stereocenters. The molecule has 2 nitrogen and oxygen atoms in total. The Balaban J connectivity index is 1.87. The van der Waals surface area contributed by atoms with Gasteiger partial charge in [0, 0.05) is 0 Å². The number of hydrogen-bond donors (Lipinski definition) is 0. The van der Waals surface area contributed by atoms with Gasteiger partial charge in [0.05, 0.1) is 0 Å². The predicted molar refractivity (Wildman–Crippen MR) is 68.5 cm³/mol. The Kier molecular flexibility index (Phi) is 3.66. The minimum absolute atomic E-state index is 0.229. The van der Waals surface area contributed by atoms with Crippen molar-refractivity contribution in [2.24, 2.45) is 0 Å². The molecule has 0 spiro atoms. The Labute approximate surface area is 102 Å². The fourth-order valence-corrected chi connectivity index (χ4v) is 1.58. The molecule has 0 aromatic heterocycles. The molecule has 88 valence electrons. The van der Waals surface area contributed by atoms with Gasteiger partial charge in [-0.25, -0.2) is 0 Å². The highest BCUT2D eigenvalue weighted by atomic mass is 16.7. The number of rotatable bonds is 4. The van der Waals surface area contributed by atoms with E-state index < -0.39 is 0 Å². The Hall–Kier alpha value is -1.96. The van der Waals surface area contributed by atoms with Gasteiger partial charge >= 0.3 is 0 Å². The van der Waals surface area contributed by atoms with Crippen molar-refractivity contribution in [2.45, 2.75) is 13.8 Å². The Morgan fingerprint density at radius 2 is 1.24 bits per heavy atom. The molecule has 0 aliphatic carbocycles. The maximum absolute atomic E-state index is 5.51. The van der Waals surface area contributed by atoms with Gasteiger partial charge in [-0.15, -0.1) is 0 Å². The Morgan fingerprint density at radius 1 is 0.765 bits per heavy atom. The molecule has 0 amide bonds. The number of ether oxygens (including phenoxy) is 2. The standard InChI is InChI=1S/C15H16O2/c1-12-5-3-7-14(9-12)16-11-17-15-8-4-6-13(2)10-15/h3-10H,11H2,1-2H3. The summed E-state index contributed by atoms with van der Waals surface area (Å²) >= 11 is 0. The molecule has 2 heteroatoms. The molecule has 0 radical (unpaired) electrons. The molecule has 0 N–H and O–H groups in total. The van der Waals surface area contributed by atoms with Crippen LogP contribution in [0.1, 0.15) is 11.1 Å². The van der Waals surface area contributed by atoms with E-state index in [-0.39, 0.29) is 6.79 Å². The van der Waals surface area contributed by atoms with E-state index in [0.717, 1.165) is 11.5 Å². The summed E-state index contributed by atoms with van der Waals surface area (Å²) in [6, 6.07) is 15.8. The van der Waals surface area contributed by atoms with E-state index >= 15 is 0 Å². The second-order valence-electron chi connectivity index (χ2n) is 4.04. The molecule has 0 heterocycles. The predicted octanol–water partition coefficient (Wildman–Crippen LogP) is 3.72. The fourth-order valence-electron chi connectivity index (χ4n) is 1.58. The van der Waals surface area contributed by atoms with E-state index in [2.05, 4.69) is 0 Å². The third-order valence-corrected chi connectivity index (χ3v) is 2.43. The molecule has 17 heavy (non-hydrogen) atoms. The second-order valence-corrected chi connectivity index (χ2v) is 4.04. The van der Waals surface area contributed by atoms with Gasteiger partial charge in [0.25, 0.3) is 0 Å². The molecule has 0 aliphatic rings. The molecular formula is C15H16O2. The lowest BCUT2D eigenvalue weighted by Gasteiger charge is -2.09. The largest absolute Gasteiger partial charge is 0.457 e. The summed E-state index contributed by atoms with van der Waals surface area (Å²) in [6.07, 6.45) is 0. The van der Waals surface area contributed by atoms with Crippen molar-refractivity contribution in [3.63, 3.8) is 0 Å². The lowest BCUT2D eigenvalue weighted by molar-refractivity contribution is 0.120. The number of hydrogen-bond acceptors (Lipinski definition) is 2. The summed E-state index contributed by atoms with van der Waals surface area (Å²) in [5.41, 5.74) is 2.36. The van der Waals surface area contributed by atoms with Crippen molar-refractivity contribution in [3.8, 4) is 11.5 Å². The SMILES string of the molecule is Cc1cccc(OCOc2cccc(C)c2)c1. The third kappa shape index (κ3) is 3.52. The zero-order valence-corrected chi connectivity index (χ0v) is 10.1. The van der Waals surface area contributed by atoms with Crippen molar-refractivity contribution in [1.82, 2.24) is 0 Å². The molecule has 0 aliphatic heterocycles. The summed E-state index contributed by atoms with van der Waals surface area (Å²) in [4.78, 5) is 0. The van der Waals surface area contributed by atoms with Gasteiger partial charge < -0.3 is 9.47 Å². The van der Waals surface area contributed by atoms with Crippen LogP contribution >= 0.6 is 0 Å². The summed E-state index contributed by atoms with van der Waals surface area (Å²) < 4.78 is 11.0. The molecule has 0 unspecified atom stereocenters. The van der Waals surface area contributed by atoms with Gasteiger partial charge in [-0.05, 0) is 49.2 Å². The van der Waals surface area contributed by atoms with E-state index in [9.17, 15) is 0 Å². The van der Waals surface area contributed by atoms with Crippen LogP contribution in [-0.4, -0.2) is 6.79 Å². The minimum atomic E-state index is 0.229. The summed E-state index contributed by atoms with van der Waals surface area (Å²) in [5, 5.41) is 0. The number of benzene rings is 2. The molecule has 0 fully saturated rings. The molecule has 0 bridgehead atoms. The monoisotopic (exact) mass is 228 g/mol. The maximum Gasteiger partial charge on any atom is 0.230 e. The first-order valence-electron chi connectivity index (χ1n) is 5.63. The zero-order chi connectivity index (χ0) is 12.1. The van der Waals surface area contributed by atoms with Crippen LogP contribution in [0.5, 0.6) is 11.5 Å². The molecule has 2 rings (SSSR count). The van der Waals surface area contributed by atoms with Gasteiger partial charge in [-0.1, -0.05) is 24.3 Å². The van der Waals surface area contributed by atoms with Crippen LogP contribution in [0, 0.1) is 13.8 Å². The van der Waals surface area contributed by atoms with Crippen LogP contribution in [0.15, 0.2) is 48.5 Å². The average Bonchev–Trinajstić information content (AvgIpc) is 2.29. The third-order valence-electron chi connectivity index (χ3n) is 2.43. The van der Waals surface area contributed by atoms with Gasteiger partial charge in [0.1, 0.15) is 11.5 Å². The van der Waals surface area contributed by atoms with Crippen molar-refractivity contribution in [3.05, 3.63) is 59.7 Å². The molecule has 2 aromatic carbocycles. The van der Waals surface area contributed by atoms with E-state index in [1.165, 1.54) is 11.1 Å². The summed E-state index contributed by atoms with van der Waals surface area (Å²) in [7, 11) is 0. The zero-order valence-electron chi connectivity index (χ0n) is 10.1. The van der Waals surface area contributed by atoms with Crippen LogP contribution in [0.25, 0.3) is 0 Å². The van der Waals surface area contributed by atoms with Crippen LogP contribution in [0.4, 0.5) is 0 Å². The highest BCUT2D eigenvalue weighted by Gasteiger charge is 1.96. The van der Waals surface area contributed by atoms with Gasteiger partial charge in [0.15, 0.2) is 0 Å². The normalized spacial score (nSPS) is 10.0. The second kappa shape index (κ2) is 5.39. The fraction of sp³-hybridized carbons (Fsp3) is 0.200. The quantitative estimate of drug-likeness (QED) is 0.742. The van der Waals surface area contributed by atoms with Crippen LogP contribution in [0.2, 0.25) is 0 Å². The first-order valence-corrected chi connectivity index (χ1v) is 5.63. The maximum atomic E-state index is 5.51. The van der Waals surface area contributed by atoms with Crippen LogP contribution in [0.3, 0.4) is 0 Å². The van der Waals surface area contributed by atoms with Crippen molar-refractivity contribution < 1.29 is 9.47 Å². The Morgan fingerprint density at radius 3 is 1.65 bits per heavy atom. The van der Waals surface area contributed by atoms with Crippen molar-refractivity contribution >= 4 is 0 Å². The molecule has 0 saturated carbocycles. The lowest BCUT2D eigenvalue weighted by Crippen LogP contribution is -2.05. The van der Waals surface area contributed by atoms with Crippen LogP contribution < -0.4 is 9.47 Å². The number of aryl methyl sites for hydroxylation is 2. The highest BCUT2D eigenvalue weighted by molar-refractivity contribution is 5.28. The van der Waals surface area contributed by atoms with Crippen molar-refractivity contribution in [2.75, 3.05) is 6.79 Å². The van der Waals surface area contributed by atoms with E-state index in [4.69, 9.17) is 9.47 Å². The van der Waals surface area contributed by atoms with Crippen LogP contribution in [-0.2, 0) is 0 Å². The first-order chi connectivity index (χ1) is 8.24. The first kappa shape index (κ1) is 11.5. The Bertz CT molecular complexity index is 446. The van der Waals surface area contributed by atoms with Crippen molar-refractivity contribution in [1.29, 1.82) is 0 Å². The molecular weight excluding hydrogens is 212 g/mol. The molecule has 2 aromatic rings. The summed E-state index contributed by atoms with van der Waals surface area (Å²) in [6.45, 7) is 4.30. The average molecular weight is 228 g/mol. The van der Waals surface area contributed by atoms with E-state index in [1.54, 1.807) is 0 Å². The van der Waals surface area contributed by atoms with Gasteiger partial charge in [0.2, 0.25) is 6.79 Å².